The molecular formula is C13H27N3O. The van der Waals surface area contributed by atoms with Gasteiger partial charge in [0, 0.05) is 25.2 Å². The molecule has 1 amide bonds. The molecule has 1 saturated heterocycles. The van der Waals surface area contributed by atoms with Crippen molar-refractivity contribution in [2.24, 2.45) is 11.7 Å². The molecule has 2 N–H and O–H groups in total. The third-order valence-electron chi connectivity index (χ3n) is 3.80. The Balaban J connectivity index is 2.75. The molecule has 100 valence electrons. The van der Waals surface area contributed by atoms with E-state index in [4.69, 9.17) is 5.73 Å². The minimum absolute atomic E-state index is 0.00886. The minimum atomic E-state index is -0.161. The van der Waals surface area contributed by atoms with Crippen molar-refractivity contribution >= 4 is 5.91 Å². The Morgan fingerprint density at radius 1 is 1.47 bits per heavy atom. The first kappa shape index (κ1) is 14.5. The molecule has 0 aromatic carbocycles. The fraction of sp³-hybridized carbons (Fsp3) is 0.923. The molecule has 1 aliphatic rings. The average Bonchev–Trinajstić information content (AvgIpc) is 2.23. The highest BCUT2D eigenvalue weighted by atomic mass is 16.2. The van der Waals surface area contributed by atoms with Gasteiger partial charge in [-0.25, -0.2) is 0 Å². The normalized spacial score (nSPS) is 25.7. The zero-order chi connectivity index (χ0) is 13.2. The first-order valence-electron chi connectivity index (χ1n) is 6.51. The second-order valence-electron chi connectivity index (χ2n) is 6.12. The average molecular weight is 241 g/mol. The SMILES string of the molecule is CC(C)CCN1CC(C)(C)N(C)C(CN)C1=O. The molecule has 17 heavy (non-hydrogen) atoms. The highest BCUT2D eigenvalue weighted by Crippen LogP contribution is 2.24. The Labute approximate surface area is 105 Å². The number of rotatable bonds is 4. The number of hydrogen-bond donors (Lipinski definition) is 1. The number of amides is 1. The van der Waals surface area contributed by atoms with Gasteiger partial charge in [-0.3, -0.25) is 9.69 Å². The molecule has 0 radical (unpaired) electrons. The van der Waals surface area contributed by atoms with Gasteiger partial charge in [0.15, 0.2) is 0 Å². The van der Waals surface area contributed by atoms with E-state index in [1.807, 2.05) is 11.9 Å². The Morgan fingerprint density at radius 2 is 2.06 bits per heavy atom. The van der Waals surface area contributed by atoms with Crippen LogP contribution in [0.25, 0.3) is 0 Å². The smallest absolute Gasteiger partial charge is 0.241 e. The van der Waals surface area contributed by atoms with Gasteiger partial charge in [-0.05, 0) is 33.2 Å². The highest BCUT2D eigenvalue weighted by molar-refractivity contribution is 5.83. The summed E-state index contributed by atoms with van der Waals surface area (Å²) in [5.41, 5.74) is 5.74. The van der Waals surface area contributed by atoms with E-state index >= 15 is 0 Å². The maximum absolute atomic E-state index is 12.3. The zero-order valence-corrected chi connectivity index (χ0v) is 11.9. The van der Waals surface area contributed by atoms with E-state index in [1.165, 1.54) is 0 Å². The van der Waals surface area contributed by atoms with Gasteiger partial charge in [0.25, 0.3) is 0 Å². The van der Waals surface area contributed by atoms with Gasteiger partial charge < -0.3 is 10.6 Å². The zero-order valence-electron chi connectivity index (χ0n) is 11.9. The summed E-state index contributed by atoms with van der Waals surface area (Å²) in [7, 11) is 2.00. The third kappa shape index (κ3) is 3.19. The molecule has 4 heteroatoms. The lowest BCUT2D eigenvalue weighted by Crippen LogP contribution is -2.67. The molecule has 1 fully saturated rings. The van der Waals surface area contributed by atoms with Gasteiger partial charge in [-0.1, -0.05) is 13.8 Å². The summed E-state index contributed by atoms with van der Waals surface area (Å²) in [6.45, 7) is 10.8. The van der Waals surface area contributed by atoms with E-state index in [0.29, 0.717) is 12.5 Å². The summed E-state index contributed by atoms with van der Waals surface area (Å²) in [4.78, 5) is 16.4. The predicted octanol–water partition coefficient (Wildman–Crippen LogP) is 0.912. The van der Waals surface area contributed by atoms with Crippen molar-refractivity contribution in [3.8, 4) is 0 Å². The fourth-order valence-electron chi connectivity index (χ4n) is 2.32. The van der Waals surface area contributed by atoms with Crippen molar-refractivity contribution in [1.29, 1.82) is 0 Å². The molecule has 0 aromatic heterocycles. The van der Waals surface area contributed by atoms with Gasteiger partial charge in [0.1, 0.15) is 6.04 Å². The van der Waals surface area contributed by atoms with Crippen LogP contribution in [0.5, 0.6) is 0 Å². The molecule has 0 spiro atoms. The summed E-state index contributed by atoms with van der Waals surface area (Å²) in [5.74, 6) is 0.817. The number of hydrogen-bond acceptors (Lipinski definition) is 3. The van der Waals surface area contributed by atoms with Crippen molar-refractivity contribution in [3.63, 3.8) is 0 Å². The summed E-state index contributed by atoms with van der Waals surface area (Å²) in [5, 5.41) is 0. The highest BCUT2D eigenvalue weighted by Gasteiger charge is 2.41. The molecule has 0 aliphatic carbocycles. The maximum atomic E-state index is 12.3. The first-order valence-corrected chi connectivity index (χ1v) is 6.51. The van der Waals surface area contributed by atoms with Gasteiger partial charge in [-0.15, -0.1) is 0 Å². The van der Waals surface area contributed by atoms with Gasteiger partial charge >= 0.3 is 0 Å². The number of nitrogens with zero attached hydrogens (tertiary/aromatic N) is 2. The topological polar surface area (TPSA) is 49.6 Å². The van der Waals surface area contributed by atoms with E-state index in [9.17, 15) is 4.79 Å². The van der Waals surface area contributed by atoms with Crippen molar-refractivity contribution in [2.75, 3.05) is 26.7 Å². The van der Waals surface area contributed by atoms with E-state index in [-0.39, 0.29) is 17.5 Å². The quantitative estimate of drug-likeness (QED) is 0.796. The van der Waals surface area contributed by atoms with Crippen LogP contribution in [0.3, 0.4) is 0 Å². The maximum Gasteiger partial charge on any atom is 0.241 e. The molecule has 4 nitrogen and oxygen atoms in total. The molecule has 1 unspecified atom stereocenters. The van der Waals surface area contributed by atoms with Crippen LogP contribution < -0.4 is 5.73 Å². The van der Waals surface area contributed by atoms with Crippen molar-refractivity contribution in [1.82, 2.24) is 9.80 Å². The summed E-state index contributed by atoms with van der Waals surface area (Å²) >= 11 is 0. The van der Waals surface area contributed by atoms with E-state index in [0.717, 1.165) is 19.5 Å². The lowest BCUT2D eigenvalue weighted by molar-refractivity contribution is -0.147. The van der Waals surface area contributed by atoms with Crippen molar-refractivity contribution in [2.45, 2.75) is 45.7 Å². The molecule has 0 bridgehead atoms. The van der Waals surface area contributed by atoms with Crippen LogP contribution in [0.4, 0.5) is 0 Å². The van der Waals surface area contributed by atoms with Crippen LogP contribution in [0.15, 0.2) is 0 Å². The third-order valence-corrected chi connectivity index (χ3v) is 3.80. The van der Waals surface area contributed by atoms with Crippen LogP contribution in [0, 0.1) is 5.92 Å². The monoisotopic (exact) mass is 241 g/mol. The Kier molecular flexibility index (Phi) is 4.55. The molecule has 0 aromatic rings. The van der Waals surface area contributed by atoms with Crippen LogP contribution in [0.1, 0.15) is 34.1 Å². The molecular weight excluding hydrogens is 214 g/mol. The van der Waals surface area contributed by atoms with Gasteiger partial charge in [-0.2, -0.15) is 0 Å². The van der Waals surface area contributed by atoms with E-state index < -0.39 is 0 Å². The van der Waals surface area contributed by atoms with Crippen LogP contribution in [-0.2, 0) is 4.79 Å². The molecule has 1 rings (SSSR count). The van der Waals surface area contributed by atoms with Crippen molar-refractivity contribution < 1.29 is 4.79 Å². The van der Waals surface area contributed by atoms with E-state index in [1.54, 1.807) is 0 Å². The van der Waals surface area contributed by atoms with Crippen LogP contribution in [-0.4, -0.2) is 54.0 Å². The Morgan fingerprint density at radius 3 is 2.53 bits per heavy atom. The van der Waals surface area contributed by atoms with Crippen molar-refractivity contribution in [3.05, 3.63) is 0 Å². The summed E-state index contributed by atoms with van der Waals surface area (Å²) in [6.07, 6.45) is 1.06. The first-order chi connectivity index (χ1) is 7.79. The molecule has 1 atom stereocenters. The summed E-state index contributed by atoms with van der Waals surface area (Å²) < 4.78 is 0. The van der Waals surface area contributed by atoms with Crippen LogP contribution in [0.2, 0.25) is 0 Å². The molecule has 0 saturated carbocycles. The number of carbonyl (C=O) groups excluding carboxylic acids is 1. The van der Waals surface area contributed by atoms with Crippen LogP contribution >= 0.6 is 0 Å². The summed E-state index contributed by atoms with van der Waals surface area (Å²) in [6, 6.07) is -0.161. The Bertz CT molecular complexity index is 276. The van der Waals surface area contributed by atoms with Gasteiger partial charge in [0.05, 0.1) is 0 Å². The standard InChI is InChI=1S/C13H27N3O/c1-10(2)6-7-16-9-13(3,4)15(5)11(8-14)12(16)17/h10-11H,6-9,14H2,1-5H3. The largest absolute Gasteiger partial charge is 0.339 e. The number of carbonyl (C=O) groups is 1. The van der Waals surface area contributed by atoms with Gasteiger partial charge in [0.2, 0.25) is 5.91 Å². The Hall–Kier alpha value is -0.610. The second-order valence-corrected chi connectivity index (χ2v) is 6.12. The fourth-order valence-corrected chi connectivity index (χ4v) is 2.32. The number of nitrogens with two attached hydrogens (primary N) is 1. The van der Waals surface area contributed by atoms with E-state index in [2.05, 4.69) is 32.6 Å². The minimum Gasteiger partial charge on any atom is -0.339 e. The number of likely N-dealkylation sites (N-methyl/N-ethyl adjacent to an activating group) is 1. The molecule has 1 aliphatic heterocycles. The second kappa shape index (κ2) is 5.36. The predicted molar refractivity (Wildman–Crippen MR) is 70.7 cm³/mol. The number of piperazine rings is 1. The lowest BCUT2D eigenvalue weighted by Gasteiger charge is -2.49. The molecule has 1 heterocycles. The lowest BCUT2D eigenvalue weighted by atomic mass is 9.94.